The molecule has 0 amide bonds. The Morgan fingerprint density at radius 1 is 1.32 bits per heavy atom. The summed E-state index contributed by atoms with van der Waals surface area (Å²) in [6.07, 6.45) is 11.9. The predicted molar refractivity (Wildman–Crippen MR) is 108 cm³/mol. The number of unbranched alkanes of at least 4 members (excludes halogenated alkanes) is 1. The Kier molecular flexibility index (Phi) is 5.62. The summed E-state index contributed by atoms with van der Waals surface area (Å²) in [5.74, 6) is 2.06. The number of fused-ring (bicyclic) bond motifs is 3. The van der Waals surface area contributed by atoms with E-state index in [1.54, 1.807) is 0 Å². The maximum absolute atomic E-state index is 10.7. The van der Waals surface area contributed by atoms with E-state index >= 15 is 0 Å². The average molecular weight is 405 g/mol. The molecule has 1 heterocycles. The van der Waals surface area contributed by atoms with Gasteiger partial charge in [0.1, 0.15) is 17.1 Å². The lowest BCUT2D eigenvalue weighted by Gasteiger charge is -2.47. The predicted octanol–water partition coefficient (Wildman–Crippen LogP) is 6.28. The van der Waals surface area contributed by atoms with Crippen molar-refractivity contribution in [2.75, 3.05) is 5.33 Å². The van der Waals surface area contributed by atoms with Crippen molar-refractivity contribution in [2.45, 2.75) is 64.4 Å². The van der Waals surface area contributed by atoms with E-state index in [9.17, 15) is 5.11 Å². The number of ether oxygens (including phenoxy) is 1. The number of hydrogen-bond donors (Lipinski definition) is 1. The first-order chi connectivity index (χ1) is 11.9. The molecule has 1 aliphatic heterocycles. The number of allylic oxidation sites excluding steroid dienone is 4. The third-order valence-electron chi connectivity index (χ3n) is 5.59. The zero-order valence-electron chi connectivity index (χ0n) is 15.5. The number of halogens is 1. The standard InChI is InChI=1S/C22H29BrO2/c1-15-9-10-18-17(12-15)21-19(24)13-16(8-6-4-5-7-11-23)14-20(21)25-22(18,2)3/h4,6,9,13-14,17-18,24H,5,7-8,10-12H2,1-3H3/b6-4-/t17-,18-/m1/s1. The number of aromatic hydroxyl groups is 1. The Hall–Kier alpha value is -1.22. The van der Waals surface area contributed by atoms with Gasteiger partial charge in [-0.2, -0.15) is 0 Å². The first-order valence-corrected chi connectivity index (χ1v) is 10.5. The summed E-state index contributed by atoms with van der Waals surface area (Å²) in [4.78, 5) is 0. The highest BCUT2D eigenvalue weighted by Crippen LogP contribution is 2.54. The second kappa shape index (κ2) is 7.57. The Morgan fingerprint density at radius 2 is 2.12 bits per heavy atom. The van der Waals surface area contributed by atoms with Crippen molar-refractivity contribution >= 4 is 15.9 Å². The fraction of sp³-hybridized carbons (Fsp3) is 0.545. The zero-order valence-corrected chi connectivity index (χ0v) is 17.1. The highest BCUT2D eigenvalue weighted by molar-refractivity contribution is 9.09. The van der Waals surface area contributed by atoms with Crippen LogP contribution >= 0.6 is 15.9 Å². The van der Waals surface area contributed by atoms with Gasteiger partial charge in [-0.1, -0.05) is 39.7 Å². The van der Waals surface area contributed by atoms with Crippen molar-refractivity contribution in [3.63, 3.8) is 0 Å². The van der Waals surface area contributed by atoms with Crippen LogP contribution < -0.4 is 4.74 Å². The van der Waals surface area contributed by atoms with E-state index in [2.05, 4.69) is 61.0 Å². The van der Waals surface area contributed by atoms with E-state index in [1.165, 1.54) is 5.57 Å². The van der Waals surface area contributed by atoms with Gasteiger partial charge in [0.25, 0.3) is 0 Å². The summed E-state index contributed by atoms with van der Waals surface area (Å²) in [7, 11) is 0. The van der Waals surface area contributed by atoms with Crippen LogP contribution in [0.3, 0.4) is 0 Å². The van der Waals surface area contributed by atoms with Gasteiger partial charge >= 0.3 is 0 Å². The molecule has 3 rings (SSSR count). The summed E-state index contributed by atoms with van der Waals surface area (Å²) in [5.41, 5.74) is 3.35. The monoisotopic (exact) mass is 404 g/mol. The Morgan fingerprint density at radius 3 is 2.88 bits per heavy atom. The molecule has 2 atom stereocenters. The molecule has 1 aliphatic carbocycles. The Balaban J connectivity index is 1.88. The van der Waals surface area contributed by atoms with Gasteiger partial charge < -0.3 is 9.84 Å². The lowest BCUT2D eigenvalue weighted by molar-refractivity contribution is 0.00754. The normalized spacial score (nSPS) is 24.4. The molecule has 1 N–H and O–H groups in total. The molecule has 0 aromatic heterocycles. The van der Waals surface area contributed by atoms with Gasteiger partial charge in [0.2, 0.25) is 0 Å². The Labute approximate surface area is 160 Å². The van der Waals surface area contributed by atoms with Crippen molar-refractivity contribution < 1.29 is 9.84 Å². The van der Waals surface area contributed by atoms with Crippen molar-refractivity contribution in [3.8, 4) is 11.5 Å². The van der Waals surface area contributed by atoms with Crippen LogP contribution in [0.5, 0.6) is 11.5 Å². The summed E-state index contributed by atoms with van der Waals surface area (Å²) < 4.78 is 6.37. The fourth-order valence-corrected chi connectivity index (χ4v) is 4.59. The van der Waals surface area contributed by atoms with Gasteiger partial charge in [-0.15, -0.1) is 0 Å². The van der Waals surface area contributed by atoms with Gasteiger partial charge in [-0.25, -0.2) is 0 Å². The van der Waals surface area contributed by atoms with Gasteiger partial charge in [-0.3, -0.25) is 0 Å². The minimum absolute atomic E-state index is 0.203. The minimum atomic E-state index is -0.203. The lowest BCUT2D eigenvalue weighted by atomic mass is 9.67. The van der Waals surface area contributed by atoms with Crippen LogP contribution in [-0.4, -0.2) is 16.0 Å². The summed E-state index contributed by atoms with van der Waals surface area (Å²) >= 11 is 3.45. The van der Waals surface area contributed by atoms with E-state index in [-0.39, 0.29) is 5.60 Å². The third-order valence-corrected chi connectivity index (χ3v) is 6.15. The van der Waals surface area contributed by atoms with Gasteiger partial charge in [-0.05, 0) is 70.6 Å². The molecule has 3 heteroatoms. The first kappa shape index (κ1) is 18.6. The fourth-order valence-electron chi connectivity index (χ4n) is 4.27. The molecule has 1 aromatic carbocycles. The Bertz CT molecular complexity index is 688. The zero-order chi connectivity index (χ0) is 18.0. The van der Waals surface area contributed by atoms with Crippen LogP contribution in [0.15, 0.2) is 35.9 Å². The topological polar surface area (TPSA) is 29.5 Å². The van der Waals surface area contributed by atoms with Crippen molar-refractivity contribution in [1.82, 2.24) is 0 Å². The molecule has 0 unspecified atom stereocenters. The molecule has 0 fully saturated rings. The first-order valence-electron chi connectivity index (χ1n) is 9.33. The van der Waals surface area contributed by atoms with Gasteiger partial charge in [0.15, 0.2) is 0 Å². The molecule has 136 valence electrons. The molecular weight excluding hydrogens is 376 g/mol. The maximum atomic E-state index is 10.7. The van der Waals surface area contributed by atoms with Gasteiger partial charge in [0, 0.05) is 22.7 Å². The van der Waals surface area contributed by atoms with Crippen LogP contribution in [0.2, 0.25) is 0 Å². The van der Waals surface area contributed by atoms with Crippen LogP contribution in [0.1, 0.15) is 63.5 Å². The summed E-state index contributed by atoms with van der Waals surface area (Å²) in [6, 6.07) is 4.07. The number of phenolic OH excluding ortho intramolecular Hbond substituents is 1. The van der Waals surface area contributed by atoms with E-state index in [4.69, 9.17) is 4.74 Å². The van der Waals surface area contributed by atoms with Crippen LogP contribution in [0.25, 0.3) is 0 Å². The van der Waals surface area contributed by atoms with Gasteiger partial charge in [0.05, 0.1) is 0 Å². The number of hydrogen-bond acceptors (Lipinski definition) is 2. The molecule has 0 saturated carbocycles. The molecule has 2 aliphatic rings. The molecule has 25 heavy (non-hydrogen) atoms. The third kappa shape index (κ3) is 3.97. The molecule has 0 bridgehead atoms. The average Bonchev–Trinajstić information content (AvgIpc) is 2.53. The molecule has 0 radical (unpaired) electrons. The molecule has 0 saturated heterocycles. The molecule has 0 spiro atoms. The van der Waals surface area contributed by atoms with Crippen molar-refractivity contribution in [3.05, 3.63) is 47.1 Å². The van der Waals surface area contributed by atoms with E-state index < -0.39 is 0 Å². The lowest BCUT2D eigenvalue weighted by Crippen LogP contribution is -2.45. The SMILES string of the molecule is CC1=CC[C@@H]2[C@@H](C1)c1c(O)cc(C/C=C\CCCBr)cc1OC2(C)C. The number of rotatable bonds is 5. The maximum Gasteiger partial charge on any atom is 0.127 e. The van der Waals surface area contributed by atoms with Crippen molar-refractivity contribution in [2.24, 2.45) is 5.92 Å². The molecule has 1 aromatic rings. The highest BCUT2D eigenvalue weighted by Gasteiger charge is 2.45. The van der Waals surface area contributed by atoms with Crippen molar-refractivity contribution in [1.29, 1.82) is 0 Å². The highest BCUT2D eigenvalue weighted by atomic mass is 79.9. The number of alkyl halides is 1. The van der Waals surface area contributed by atoms with Crippen LogP contribution in [0, 0.1) is 5.92 Å². The summed E-state index contributed by atoms with van der Waals surface area (Å²) in [5, 5.41) is 11.8. The summed E-state index contributed by atoms with van der Waals surface area (Å²) in [6.45, 7) is 6.57. The van der Waals surface area contributed by atoms with Crippen LogP contribution in [-0.2, 0) is 6.42 Å². The quantitative estimate of drug-likeness (QED) is 0.355. The van der Waals surface area contributed by atoms with E-state index in [0.29, 0.717) is 17.6 Å². The van der Waals surface area contributed by atoms with E-state index in [0.717, 1.165) is 54.3 Å². The molecular formula is C22H29BrO2. The number of benzene rings is 1. The second-order valence-corrected chi connectivity index (χ2v) is 8.74. The smallest absolute Gasteiger partial charge is 0.127 e. The molecule has 2 nitrogen and oxygen atoms in total. The number of phenols is 1. The van der Waals surface area contributed by atoms with E-state index in [1.807, 2.05) is 6.07 Å². The minimum Gasteiger partial charge on any atom is -0.508 e. The van der Waals surface area contributed by atoms with Crippen LogP contribution in [0.4, 0.5) is 0 Å². The largest absolute Gasteiger partial charge is 0.508 e. The second-order valence-electron chi connectivity index (χ2n) is 7.94.